The summed E-state index contributed by atoms with van der Waals surface area (Å²) in [5.41, 5.74) is 0.186. The maximum Gasteiger partial charge on any atom is 0.252 e. The van der Waals surface area contributed by atoms with Crippen LogP contribution in [0.15, 0.2) is 41.0 Å². The molecule has 2 rings (SSSR count). The highest BCUT2D eigenvalue weighted by Crippen LogP contribution is 2.21. The molecule has 1 amide bonds. The van der Waals surface area contributed by atoms with E-state index in [4.69, 9.17) is 4.42 Å². The molecule has 3 N–H and O–H groups in total. The lowest BCUT2D eigenvalue weighted by Crippen LogP contribution is -2.26. The van der Waals surface area contributed by atoms with Crippen molar-refractivity contribution >= 4 is 5.91 Å². The van der Waals surface area contributed by atoms with Crippen molar-refractivity contribution in [2.24, 2.45) is 0 Å². The van der Waals surface area contributed by atoms with E-state index >= 15 is 0 Å². The van der Waals surface area contributed by atoms with E-state index in [1.54, 1.807) is 19.1 Å². The topological polar surface area (TPSA) is 82.7 Å². The zero-order chi connectivity index (χ0) is 13.1. The predicted octanol–water partition coefficient (Wildman–Crippen LogP) is 2.18. The number of carbonyl (C=O) groups excluding carboxylic acids is 1. The zero-order valence-corrected chi connectivity index (χ0v) is 9.75. The van der Waals surface area contributed by atoms with Gasteiger partial charge in [0.05, 0.1) is 12.3 Å². The van der Waals surface area contributed by atoms with Crippen LogP contribution in [0.4, 0.5) is 0 Å². The van der Waals surface area contributed by atoms with Gasteiger partial charge in [-0.15, -0.1) is 0 Å². The van der Waals surface area contributed by atoms with Crippen molar-refractivity contribution in [3.63, 3.8) is 0 Å². The van der Waals surface area contributed by atoms with Crippen LogP contribution < -0.4 is 5.32 Å². The van der Waals surface area contributed by atoms with Gasteiger partial charge >= 0.3 is 0 Å². The van der Waals surface area contributed by atoms with Crippen molar-refractivity contribution < 1.29 is 19.4 Å². The van der Waals surface area contributed by atoms with Crippen LogP contribution in [0.2, 0.25) is 0 Å². The van der Waals surface area contributed by atoms with E-state index in [1.165, 1.54) is 18.4 Å². The molecule has 0 bridgehead atoms. The molecular formula is C13H13NO4. The Labute approximate surface area is 104 Å². The summed E-state index contributed by atoms with van der Waals surface area (Å²) < 4.78 is 5.17. The SMILES string of the molecule is CC(NC(=O)c1cc(O)cc(O)c1)c1ccco1. The van der Waals surface area contributed by atoms with Crippen LogP contribution in [-0.4, -0.2) is 16.1 Å². The highest BCUT2D eigenvalue weighted by atomic mass is 16.3. The van der Waals surface area contributed by atoms with Gasteiger partial charge in [-0.25, -0.2) is 0 Å². The molecule has 0 saturated carbocycles. The molecule has 0 aliphatic rings. The molecule has 0 radical (unpaired) electrons. The number of amides is 1. The Kier molecular flexibility index (Phi) is 3.23. The molecule has 1 unspecified atom stereocenters. The molecular weight excluding hydrogens is 234 g/mol. The zero-order valence-electron chi connectivity index (χ0n) is 9.75. The van der Waals surface area contributed by atoms with Gasteiger partial charge < -0.3 is 19.9 Å². The number of hydrogen-bond donors (Lipinski definition) is 3. The summed E-state index contributed by atoms with van der Waals surface area (Å²) in [5, 5.41) is 21.3. The van der Waals surface area contributed by atoms with Crippen molar-refractivity contribution in [1.29, 1.82) is 0 Å². The smallest absolute Gasteiger partial charge is 0.252 e. The number of phenols is 2. The summed E-state index contributed by atoms with van der Waals surface area (Å²) >= 11 is 0. The van der Waals surface area contributed by atoms with Gasteiger partial charge in [0.2, 0.25) is 0 Å². The Bertz CT molecular complexity index is 528. The molecule has 0 aliphatic heterocycles. The van der Waals surface area contributed by atoms with E-state index in [-0.39, 0.29) is 23.1 Å². The first-order valence-corrected chi connectivity index (χ1v) is 5.43. The van der Waals surface area contributed by atoms with Crippen LogP contribution >= 0.6 is 0 Å². The molecule has 1 aromatic heterocycles. The molecule has 0 spiro atoms. The number of furan rings is 1. The molecule has 1 aromatic carbocycles. The molecule has 0 fully saturated rings. The van der Waals surface area contributed by atoms with Gasteiger partial charge in [0.25, 0.3) is 5.91 Å². The summed E-state index contributed by atoms with van der Waals surface area (Å²) in [4.78, 5) is 11.9. The maximum atomic E-state index is 11.9. The number of phenolic OH excluding ortho intramolecular Hbond substituents is 2. The Morgan fingerprint density at radius 2 is 1.94 bits per heavy atom. The second kappa shape index (κ2) is 4.83. The van der Waals surface area contributed by atoms with E-state index in [2.05, 4.69) is 5.32 Å². The quantitative estimate of drug-likeness (QED) is 0.776. The van der Waals surface area contributed by atoms with Gasteiger partial charge in [0.1, 0.15) is 17.3 Å². The van der Waals surface area contributed by atoms with Crippen molar-refractivity contribution in [1.82, 2.24) is 5.32 Å². The third kappa shape index (κ3) is 2.63. The number of nitrogens with one attached hydrogen (secondary N) is 1. The fourth-order valence-electron chi connectivity index (χ4n) is 1.62. The minimum atomic E-state index is -0.398. The average Bonchev–Trinajstić information content (AvgIpc) is 2.80. The van der Waals surface area contributed by atoms with E-state index in [9.17, 15) is 15.0 Å². The molecule has 5 nitrogen and oxygen atoms in total. The standard InChI is InChI=1S/C13H13NO4/c1-8(12-3-2-4-18-12)14-13(17)9-5-10(15)7-11(16)6-9/h2-8,15-16H,1H3,(H,14,17). The van der Waals surface area contributed by atoms with E-state index < -0.39 is 5.91 Å². The van der Waals surface area contributed by atoms with Gasteiger partial charge in [-0.3, -0.25) is 4.79 Å². The average molecular weight is 247 g/mol. The Morgan fingerprint density at radius 1 is 1.28 bits per heavy atom. The van der Waals surface area contributed by atoms with Gasteiger partial charge in [-0.05, 0) is 31.2 Å². The predicted molar refractivity (Wildman–Crippen MR) is 64.4 cm³/mol. The first kappa shape index (κ1) is 12.0. The van der Waals surface area contributed by atoms with Gasteiger partial charge in [-0.2, -0.15) is 0 Å². The molecule has 0 saturated heterocycles. The fourth-order valence-corrected chi connectivity index (χ4v) is 1.62. The second-order valence-corrected chi connectivity index (χ2v) is 3.95. The summed E-state index contributed by atoms with van der Waals surface area (Å²) in [6.07, 6.45) is 1.53. The lowest BCUT2D eigenvalue weighted by molar-refractivity contribution is 0.0934. The van der Waals surface area contributed by atoms with Crippen molar-refractivity contribution in [2.75, 3.05) is 0 Å². The monoisotopic (exact) mass is 247 g/mol. The largest absolute Gasteiger partial charge is 0.508 e. The van der Waals surface area contributed by atoms with E-state index in [1.807, 2.05) is 0 Å². The van der Waals surface area contributed by atoms with E-state index in [0.717, 1.165) is 6.07 Å². The lowest BCUT2D eigenvalue weighted by Gasteiger charge is -2.11. The normalized spacial score (nSPS) is 12.1. The van der Waals surface area contributed by atoms with E-state index in [0.29, 0.717) is 5.76 Å². The minimum Gasteiger partial charge on any atom is -0.508 e. The Hall–Kier alpha value is -2.43. The molecule has 1 heterocycles. The second-order valence-electron chi connectivity index (χ2n) is 3.95. The van der Waals surface area contributed by atoms with Crippen molar-refractivity contribution in [3.05, 3.63) is 47.9 Å². The van der Waals surface area contributed by atoms with Gasteiger partial charge in [0, 0.05) is 11.6 Å². The molecule has 94 valence electrons. The molecule has 5 heteroatoms. The fraction of sp³-hybridized carbons (Fsp3) is 0.154. The van der Waals surface area contributed by atoms with Crippen LogP contribution in [0.25, 0.3) is 0 Å². The minimum absolute atomic E-state index is 0.161. The summed E-state index contributed by atoms with van der Waals surface area (Å²) in [6, 6.07) is 6.92. The van der Waals surface area contributed by atoms with Crippen molar-refractivity contribution in [2.45, 2.75) is 13.0 Å². The van der Waals surface area contributed by atoms with Crippen LogP contribution in [0.1, 0.15) is 29.1 Å². The Morgan fingerprint density at radius 3 is 2.50 bits per heavy atom. The number of aromatic hydroxyl groups is 2. The van der Waals surface area contributed by atoms with Crippen LogP contribution in [-0.2, 0) is 0 Å². The highest BCUT2D eigenvalue weighted by molar-refractivity contribution is 5.95. The summed E-state index contributed by atoms with van der Waals surface area (Å²) in [7, 11) is 0. The summed E-state index contributed by atoms with van der Waals surface area (Å²) in [5.74, 6) is -0.0885. The lowest BCUT2D eigenvalue weighted by atomic mass is 10.1. The highest BCUT2D eigenvalue weighted by Gasteiger charge is 2.14. The van der Waals surface area contributed by atoms with Gasteiger partial charge in [0.15, 0.2) is 0 Å². The molecule has 0 aliphatic carbocycles. The first-order valence-electron chi connectivity index (χ1n) is 5.43. The first-order chi connectivity index (χ1) is 8.56. The van der Waals surface area contributed by atoms with Crippen LogP contribution in [0, 0.1) is 0 Å². The van der Waals surface area contributed by atoms with Gasteiger partial charge in [-0.1, -0.05) is 0 Å². The van der Waals surface area contributed by atoms with Crippen LogP contribution in [0.5, 0.6) is 11.5 Å². The molecule has 18 heavy (non-hydrogen) atoms. The molecule has 2 aromatic rings. The summed E-state index contributed by atoms with van der Waals surface area (Å²) in [6.45, 7) is 1.78. The van der Waals surface area contributed by atoms with Crippen molar-refractivity contribution in [3.8, 4) is 11.5 Å². The number of rotatable bonds is 3. The maximum absolute atomic E-state index is 11.9. The number of hydrogen-bond acceptors (Lipinski definition) is 4. The third-order valence-corrected chi connectivity index (χ3v) is 2.48. The number of benzene rings is 1. The molecule has 1 atom stereocenters. The number of carbonyl (C=O) groups is 1. The van der Waals surface area contributed by atoms with Crippen LogP contribution in [0.3, 0.4) is 0 Å². The third-order valence-electron chi connectivity index (χ3n) is 2.48. The Balaban J connectivity index is 2.12.